The maximum Gasteiger partial charge on any atom is 0.126 e. The van der Waals surface area contributed by atoms with Crippen molar-refractivity contribution in [3.8, 4) is 0 Å². The molecule has 0 amide bonds. The number of hydrogen-bond acceptors (Lipinski definition) is 2. The molecule has 20 heavy (non-hydrogen) atoms. The van der Waals surface area contributed by atoms with E-state index in [1.807, 2.05) is 0 Å². The summed E-state index contributed by atoms with van der Waals surface area (Å²) in [5, 5.41) is 4.39. The van der Waals surface area contributed by atoms with Crippen LogP contribution in [0.25, 0.3) is 0 Å². The molecule has 5 heteroatoms. The van der Waals surface area contributed by atoms with Gasteiger partial charge in [-0.1, -0.05) is 30.1 Å². The molecule has 3 rings (SSSR count). The van der Waals surface area contributed by atoms with E-state index in [0.29, 0.717) is 28.2 Å². The summed E-state index contributed by atoms with van der Waals surface area (Å²) in [5.74, 6) is -0.376. The molecule has 0 radical (unpaired) electrons. The Balaban J connectivity index is 1.89. The van der Waals surface area contributed by atoms with Gasteiger partial charge >= 0.3 is 0 Å². The SMILES string of the molecule is CCNC1CC2CCC(C1)N2c1c(Cl)cc(F)cc1Cl. The van der Waals surface area contributed by atoms with Gasteiger partial charge in [-0.05, 0) is 44.4 Å². The maximum absolute atomic E-state index is 13.4. The zero-order valence-electron chi connectivity index (χ0n) is 11.5. The average Bonchev–Trinajstić information content (AvgIpc) is 2.62. The summed E-state index contributed by atoms with van der Waals surface area (Å²) in [6.07, 6.45) is 4.54. The Labute approximate surface area is 129 Å². The minimum absolute atomic E-state index is 0.376. The molecule has 2 atom stereocenters. The van der Waals surface area contributed by atoms with Gasteiger partial charge in [0.05, 0.1) is 15.7 Å². The summed E-state index contributed by atoms with van der Waals surface area (Å²) in [4.78, 5) is 2.33. The Morgan fingerprint density at radius 2 is 1.75 bits per heavy atom. The van der Waals surface area contributed by atoms with E-state index in [2.05, 4.69) is 17.1 Å². The van der Waals surface area contributed by atoms with Crippen molar-refractivity contribution in [2.75, 3.05) is 11.4 Å². The fraction of sp³-hybridized carbons (Fsp3) is 0.600. The third-order valence-corrected chi connectivity index (χ3v) is 5.04. The Morgan fingerprint density at radius 1 is 1.20 bits per heavy atom. The molecular formula is C15H19Cl2FN2. The number of fused-ring (bicyclic) bond motifs is 2. The van der Waals surface area contributed by atoms with Gasteiger partial charge in [0.2, 0.25) is 0 Å². The van der Waals surface area contributed by atoms with Crippen molar-refractivity contribution in [1.29, 1.82) is 0 Å². The fourth-order valence-corrected chi connectivity index (χ4v) is 4.43. The van der Waals surface area contributed by atoms with E-state index in [-0.39, 0.29) is 5.82 Å². The molecule has 0 aromatic heterocycles. The van der Waals surface area contributed by atoms with E-state index in [0.717, 1.165) is 37.9 Å². The topological polar surface area (TPSA) is 15.3 Å². The lowest BCUT2D eigenvalue weighted by atomic mass is 9.96. The number of piperidine rings is 1. The van der Waals surface area contributed by atoms with Gasteiger partial charge in [0.1, 0.15) is 5.82 Å². The molecule has 2 aliphatic heterocycles. The first kappa shape index (κ1) is 14.4. The minimum Gasteiger partial charge on any atom is -0.363 e. The van der Waals surface area contributed by atoms with Crippen LogP contribution in [-0.4, -0.2) is 24.7 Å². The van der Waals surface area contributed by atoms with Crippen molar-refractivity contribution in [2.24, 2.45) is 0 Å². The van der Waals surface area contributed by atoms with Crippen LogP contribution in [0.4, 0.5) is 10.1 Å². The van der Waals surface area contributed by atoms with Crippen molar-refractivity contribution in [2.45, 2.75) is 50.7 Å². The molecule has 2 fully saturated rings. The normalized spacial score (nSPS) is 29.0. The Bertz CT molecular complexity index is 472. The Hall–Kier alpha value is -0.510. The molecule has 2 bridgehead atoms. The smallest absolute Gasteiger partial charge is 0.126 e. The monoisotopic (exact) mass is 316 g/mol. The molecule has 0 spiro atoms. The zero-order valence-corrected chi connectivity index (χ0v) is 13.0. The number of rotatable bonds is 3. The highest BCUT2D eigenvalue weighted by molar-refractivity contribution is 6.39. The first-order chi connectivity index (χ1) is 9.60. The summed E-state index contributed by atoms with van der Waals surface area (Å²) in [5.41, 5.74) is 0.817. The van der Waals surface area contributed by atoms with Crippen LogP contribution in [0, 0.1) is 5.82 Å². The molecule has 2 saturated heterocycles. The molecule has 2 nitrogen and oxygen atoms in total. The van der Waals surface area contributed by atoms with Crippen LogP contribution in [-0.2, 0) is 0 Å². The van der Waals surface area contributed by atoms with E-state index in [1.54, 1.807) is 0 Å². The van der Waals surface area contributed by atoms with E-state index < -0.39 is 0 Å². The number of benzene rings is 1. The summed E-state index contributed by atoms with van der Waals surface area (Å²) in [6, 6.07) is 4.21. The van der Waals surface area contributed by atoms with Crippen LogP contribution in [0.2, 0.25) is 10.0 Å². The Morgan fingerprint density at radius 3 is 2.25 bits per heavy atom. The standard InChI is InChI=1S/C15H19Cl2FN2/c1-2-19-10-7-11-3-4-12(8-10)20(11)15-13(16)5-9(18)6-14(15)17/h5-6,10-12,19H,2-4,7-8H2,1H3. The van der Waals surface area contributed by atoms with Crippen LogP contribution in [0.3, 0.4) is 0 Å². The van der Waals surface area contributed by atoms with Crippen molar-refractivity contribution >= 4 is 28.9 Å². The molecule has 110 valence electrons. The first-order valence-electron chi connectivity index (χ1n) is 7.26. The fourth-order valence-electron chi connectivity index (χ4n) is 3.78. The summed E-state index contributed by atoms with van der Waals surface area (Å²) < 4.78 is 13.4. The average molecular weight is 317 g/mol. The first-order valence-corrected chi connectivity index (χ1v) is 8.02. The summed E-state index contributed by atoms with van der Waals surface area (Å²) >= 11 is 12.5. The molecule has 0 aliphatic carbocycles. The van der Waals surface area contributed by atoms with Crippen molar-refractivity contribution in [3.63, 3.8) is 0 Å². The van der Waals surface area contributed by atoms with Crippen molar-refractivity contribution in [1.82, 2.24) is 5.32 Å². The quantitative estimate of drug-likeness (QED) is 0.897. The highest BCUT2D eigenvalue weighted by Crippen LogP contribution is 2.45. The lowest BCUT2D eigenvalue weighted by Crippen LogP contribution is -2.49. The highest BCUT2D eigenvalue weighted by Gasteiger charge is 2.41. The molecule has 1 N–H and O–H groups in total. The highest BCUT2D eigenvalue weighted by atomic mass is 35.5. The second kappa shape index (κ2) is 5.70. The molecule has 1 aromatic carbocycles. The van der Waals surface area contributed by atoms with Crippen LogP contribution in [0.5, 0.6) is 0 Å². The van der Waals surface area contributed by atoms with E-state index in [9.17, 15) is 4.39 Å². The van der Waals surface area contributed by atoms with E-state index in [4.69, 9.17) is 23.2 Å². The lowest BCUT2D eigenvalue weighted by Gasteiger charge is -2.41. The van der Waals surface area contributed by atoms with E-state index in [1.165, 1.54) is 12.1 Å². The second-order valence-corrected chi connectivity index (χ2v) is 6.55. The predicted molar refractivity (Wildman–Crippen MR) is 82.4 cm³/mol. The van der Waals surface area contributed by atoms with Crippen LogP contribution >= 0.6 is 23.2 Å². The van der Waals surface area contributed by atoms with E-state index >= 15 is 0 Å². The van der Waals surface area contributed by atoms with Gasteiger partial charge < -0.3 is 10.2 Å². The Kier molecular flexibility index (Phi) is 4.11. The number of halogens is 3. The molecule has 2 unspecified atom stereocenters. The van der Waals surface area contributed by atoms with Crippen LogP contribution in [0.1, 0.15) is 32.6 Å². The van der Waals surface area contributed by atoms with Gasteiger partial charge in [0, 0.05) is 18.1 Å². The molecule has 1 aromatic rings. The van der Waals surface area contributed by atoms with Gasteiger partial charge in [-0.25, -0.2) is 4.39 Å². The van der Waals surface area contributed by atoms with Gasteiger partial charge in [0.25, 0.3) is 0 Å². The molecule has 0 saturated carbocycles. The minimum atomic E-state index is -0.376. The van der Waals surface area contributed by atoms with Gasteiger partial charge in [-0.3, -0.25) is 0 Å². The lowest BCUT2D eigenvalue weighted by molar-refractivity contribution is 0.361. The maximum atomic E-state index is 13.4. The molecule has 2 heterocycles. The van der Waals surface area contributed by atoms with Crippen LogP contribution in [0.15, 0.2) is 12.1 Å². The van der Waals surface area contributed by atoms with Gasteiger partial charge in [-0.15, -0.1) is 0 Å². The number of anilines is 1. The summed E-state index contributed by atoms with van der Waals surface area (Å²) in [6.45, 7) is 3.14. The number of nitrogens with zero attached hydrogens (tertiary/aromatic N) is 1. The van der Waals surface area contributed by atoms with Crippen molar-refractivity contribution in [3.05, 3.63) is 28.0 Å². The number of hydrogen-bond donors (Lipinski definition) is 1. The number of nitrogens with one attached hydrogen (secondary N) is 1. The third kappa shape index (κ3) is 2.51. The second-order valence-electron chi connectivity index (χ2n) is 5.74. The zero-order chi connectivity index (χ0) is 14.3. The molecule has 2 aliphatic rings. The van der Waals surface area contributed by atoms with Gasteiger partial charge in [0.15, 0.2) is 0 Å². The largest absolute Gasteiger partial charge is 0.363 e. The summed E-state index contributed by atoms with van der Waals surface area (Å²) in [7, 11) is 0. The third-order valence-electron chi connectivity index (χ3n) is 4.47. The predicted octanol–water partition coefficient (Wildman–Crippen LogP) is 4.24. The van der Waals surface area contributed by atoms with Gasteiger partial charge in [-0.2, -0.15) is 0 Å². The van der Waals surface area contributed by atoms with Crippen LogP contribution < -0.4 is 10.2 Å². The molecular weight excluding hydrogens is 298 g/mol. The van der Waals surface area contributed by atoms with Crippen molar-refractivity contribution < 1.29 is 4.39 Å².